The van der Waals surface area contributed by atoms with E-state index in [0.717, 1.165) is 78.1 Å². The molecule has 8 heteroatoms. The minimum absolute atomic E-state index is 0.0107. The molecule has 0 bridgehead atoms. The Bertz CT molecular complexity index is 1030. The lowest BCUT2D eigenvalue weighted by atomic mass is 9.91. The first-order chi connectivity index (χ1) is 16.9. The Morgan fingerprint density at radius 2 is 1.91 bits per heavy atom. The van der Waals surface area contributed by atoms with Gasteiger partial charge in [0.05, 0.1) is 12.7 Å². The van der Waals surface area contributed by atoms with Gasteiger partial charge in [0.15, 0.2) is 0 Å². The average molecular weight is 545 g/mol. The minimum atomic E-state index is 0.0107. The fourth-order valence-electron chi connectivity index (χ4n) is 4.96. The maximum Gasteiger partial charge on any atom is 0.255 e. The third-order valence-corrected chi connectivity index (χ3v) is 8.06. The van der Waals surface area contributed by atoms with Gasteiger partial charge in [-0.1, -0.05) is 13.3 Å². The standard InChI is InChI=1S/C27H38BrN5O2/c1-5-10-32(26(34)23-17-25(35-4)19(2)16-24(23)28)11-9-21-18-29-27(30-20(21)3)33-14-12-31(13-15-33)22-7-6-8-22/h16-18,22H,5-15H2,1-4H3. The number of aromatic nitrogens is 2. The lowest BCUT2D eigenvalue weighted by molar-refractivity contribution is 0.0756. The van der Waals surface area contributed by atoms with Gasteiger partial charge in [0.2, 0.25) is 5.95 Å². The first-order valence-electron chi connectivity index (χ1n) is 12.9. The number of aryl methyl sites for hydroxylation is 2. The van der Waals surface area contributed by atoms with Gasteiger partial charge in [-0.25, -0.2) is 9.97 Å². The van der Waals surface area contributed by atoms with Crippen LogP contribution >= 0.6 is 15.9 Å². The number of carbonyl (C=O) groups excluding carboxylic acids is 1. The molecule has 0 unspecified atom stereocenters. The summed E-state index contributed by atoms with van der Waals surface area (Å²) in [5.74, 6) is 1.56. The largest absolute Gasteiger partial charge is 0.496 e. The van der Waals surface area contributed by atoms with Gasteiger partial charge in [0, 0.05) is 61.7 Å². The zero-order chi connectivity index (χ0) is 24.9. The summed E-state index contributed by atoms with van der Waals surface area (Å²) in [6.07, 6.45) is 7.68. The first kappa shape index (κ1) is 25.9. The summed E-state index contributed by atoms with van der Waals surface area (Å²) in [7, 11) is 1.63. The van der Waals surface area contributed by atoms with Gasteiger partial charge in [-0.3, -0.25) is 9.69 Å². The molecule has 1 saturated carbocycles. The minimum Gasteiger partial charge on any atom is -0.496 e. The Morgan fingerprint density at radius 1 is 1.17 bits per heavy atom. The van der Waals surface area contributed by atoms with Crippen molar-refractivity contribution in [3.8, 4) is 5.75 Å². The Hall–Kier alpha value is -2.19. The fourth-order valence-corrected chi connectivity index (χ4v) is 5.59. The predicted octanol–water partition coefficient (Wildman–Crippen LogP) is 4.63. The molecule has 0 N–H and O–H groups in total. The maximum atomic E-state index is 13.4. The van der Waals surface area contributed by atoms with E-state index in [2.05, 4.69) is 39.6 Å². The van der Waals surface area contributed by atoms with E-state index in [1.54, 1.807) is 7.11 Å². The zero-order valence-electron chi connectivity index (χ0n) is 21.5. The van der Waals surface area contributed by atoms with E-state index in [0.29, 0.717) is 18.7 Å². The van der Waals surface area contributed by atoms with Crippen LogP contribution in [-0.2, 0) is 6.42 Å². The molecule has 1 aromatic heterocycles. The third-order valence-electron chi connectivity index (χ3n) is 7.40. The van der Waals surface area contributed by atoms with E-state index >= 15 is 0 Å². The first-order valence-corrected chi connectivity index (χ1v) is 13.7. The van der Waals surface area contributed by atoms with Gasteiger partial charge in [0.1, 0.15) is 5.75 Å². The number of hydrogen-bond donors (Lipinski definition) is 0. The molecule has 190 valence electrons. The number of hydrogen-bond acceptors (Lipinski definition) is 6. The highest BCUT2D eigenvalue weighted by Crippen LogP contribution is 2.28. The normalized spacial score (nSPS) is 16.8. The van der Waals surface area contributed by atoms with Gasteiger partial charge in [-0.15, -0.1) is 0 Å². The van der Waals surface area contributed by atoms with Crippen LogP contribution in [0.15, 0.2) is 22.8 Å². The molecule has 1 aromatic carbocycles. The number of piperazine rings is 1. The molecule has 0 atom stereocenters. The van der Waals surface area contributed by atoms with Crippen LogP contribution in [-0.4, -0.2) is 78.1 Å². The van der Waals surface area contributed by atoms with Crippen molar-refractivity contribution in [1.82, 2.24) is 19.8 Å². The highest BCUT2D eigenvalue weighted by molar-refractivity contribution is 9.10. The maximum absolute atomic E-state index is 13.4. The molecule has 0 spiro atoms. The number of benzene rings is 1. The van der Waals surface area contributed by atoms with Crippen molar-refractivity contribution in [3.63, 3.8) is 0 Å². The van der Waals surface area contributed by atoms with Crippen LogP contribution in [0.2, 0.25) is 0 Å². The lowest BCUT2D eigenvalue weighted by Gasteiger charge is -2.42. The van der Waals surface area contributed by atoms with Crippen molar-refractivity contribution in [2.75, 3.05) is 51.3 Å². The van der Waals surface area contributed by atoms with Gasteiger partial charge >= 0.3 is 0 Å². The molecule has 1 aliphatic carbocycles. The Morgan fingerprint density at radius 3 is 2.51 bits per heavy atom. The second-order valence-electron chi connectivity index (χ2n) is 9.73. The molecule has 1 amide bonds. The summed E-state index contributed by atoms with van der Waals surface area (Å²) in [4.78, 5) is 29.8. The van der Waals surface area contributed by atoms with Crippen LogP contribution in [0.4, 0.5) is 5.95 Å². The Labute approximate surface area is 218 Å². The second-order valence-corrected chi connectivity index (χ2v) is 10.6. The van der Waals surface area contributed by atoms with Crippen molar-refractivity contribution >= 4 is 27.8 Å². The number of ether oxygens (including phenoxy) is 1. The van der Waals surface area contributed by atoms with E-state index in [1.165, 1.54) is 19.3 Å². The molecule has 1 saturated heterocycles. The van der Waals surface area contributed by atoms with Crippen LogP contribution in [0.5, 0.6) is 5.75 Å². The number of anilines is 1. The fraction of sp³-hybridized carbons (Fsp3) is 0.593. The quantitative estimate of drug-likeness (QED) is 0.459. The van der Waals surface area contributed by atoms with Crippen molar-refractivity contribution < 1.29 is 9.53 Å². The molecule has 0 radical (unpaired) electrons. The van der Waals surface area contributed by atoms with Crippen LogP contribution in [0, 0.1) is 13.8 Å². The number of carbonyl (C=O) groups is 1. The van der Waals surface area contributed by atoms with E-state index in [9.17, 15) is 4.79 Å². The molecule has 1 aliphatic heterocycles. The number of amides is 1. The van der Waals surface area contributed by atoms with E-state index in [4.69, 9.17) is 14.7 Å². The van der Waals surface area contributed by atoms with Crippen molar-refractivity contribution in [2.24, 2.45) is 0 Å². The molecule has 2 fully saturated rings. The summed E-state index contributed by atoms with van der Waals surface area (Å²) in [6, 6.07) is 4.58. The number of methoxy groups -OCH3 is 1. The highest BCUT2D eigenvalue weighted by Gasteiger charge is 2.28. The topological polar surface area (TPSA) is 61.8 Å². The molecule has 35 heavy (non-hydrogen) atoms. The monoisotopic (exact) mass is 543 g/mol. The average Bonchev–Trinajstić information content (AvgIpc) is 2.81. The Kier molecular flexibility index (Phi) is 8.65. The van der Waals surface area contributed by atoms with Gasteiger partial charge in [0.25, 0.3) is 5.91 Å². The second kappa shape index (κ2) is 11.7. The molecule has 4 rings (SSSR count). The predicted molar refractivity (Wildman–Crippen MR) is 144 cm³/mol. The highest BCUT2D eigenvalue weighted by atomic mass is 79.9. The molecule has 7 nitrogen and oxygen atoms in total. The van der Waals surface area contributed by atoms with E-state index < -0.39 is 0 Å². The van der Waals surface area contributed by atoms with E-state index in [1.807, 2.05) is 30.2 Å². The number of nitrogens with zero attached hydrogens (tertiary/aromatic N) is 5. The van der Waals surface area contributed by atoms with Crippen LogP contribution in [0.3, 0.4) is 0 Å². The summed E-state index contributed by atoms with van der Waals surface area (Å²) >= 11 is 3.57. The van der Waals surface area contributed by atoms with Crippen LogP contribution in [0.25, 0.3) is 0 Å². The molecule has 2 aliphatic rings. The molecular weight excluding hydrogens is 506 g/mol. The van der Waals surface area contributed by atoms with Crippen LogP contribution < -0.4 is 9.64 Å². The van der Waals surface area contributed by atoms with E-state index in [-0.39, 0.29) is 5.91 Å². The van der Waals surface area contributed by atoms with Crippen molar-refractivity contribution in [2.45, 2.75) is 58.9 Å². The lowest BCUT2D eigenvalue weighted by Crippen LogP contribution is -2.52. The van der Waals surface area contributed by atoms with Gasteiger partial charge in [-0.05, 0) is 78.7 Å². The smallest absolute Gasteiger partial charge is 0.255 e. The zero-order valence-corrected chi connectivity index (χ0v) is 23.1. The number of rotatable bonds is 9. The van der Waals surface area contributed by atoms with Crippen LogP contribution in [0.1, 0.15) is 59.8 Å². The number of halogens is 1. The van der Waals surface area contributed by atoms with Gasteiger partial charge in [-0.2, -0.15) is 0 Å². The molecule has 2 aromatic rings. The van der Waals surface area contributed by atoms with Crippen molar-refractivity contribution in [1.29, 1.82) is 0 Å². The molecular formula is C27H38BrN5O2. The van der Waals surface area contributed by atoms with Gasteiger partial charge < -0.3 is 14.5 Å². The summed E-state index contributed by atoms with van der Waals surface area (Å²) < 4.78 is 6.24. The summed E-state index contributed by atoms with van der Waals surface area (Å²) in [6.45, 7) is 11.6. The summed E-state index contributed by atoms with van der Waals surface area (Å²) in [5, 5.41) is 0. The summed E-state index contributed by atoms with van der Waals surface area (Å²) in [5.41, 5.74) is 3.72. The SMILES string of the molecule is CCCN(CCc1cnc(N2CCN(C3CCC3)CC2)nc1C)C(=O)c1cc(OC)c(C)cc1Br. The third kappa shape index (κ3) is 5.97. The Balaban J connectivity index is 1.39. The molecule has 2 heterocycles. The van der Waals surface area contributed by atoms with Crippen molar-refractivity contribution in [3.05, 3.63) is 45.2 Å².